The van der Waals surface area contributed by atoms with Crippen molar-refractivity contribution in [3.8, 4) is 0 Å². The fraction of sp³-hybridized carbons (Fsp3) is 0.818. The predicted octanol–water partition coefficient (Wildman–Crippen LogP) is 1.24. The van der Waals surface area contributed by atoms with E-state index in [0.29, 0.717) is 13.0 Å². The molecule has 4 bridgehead atoms. The van der Waals surface area contributed by atoms with Crippen molar-refractivity contribution < 1.29 is 23.9 Å². The molecule has 30 heavy (non-hydrogen) atoms. The fourth-order valence-corrected chi connectivity index (χ4v) is 6.01. The molecule has 0 spiro atoms. The quantitative estimate of drug-likeness (QED) is 0.517. The Balaban J connectivity index is 1.33. The first-order valence-electron chi connectivity index (χ1n) is 11.2. The zero-order valence-electron chi connectivity index (χ0n) is 18.2. The molecule has 2 N–H and O–H groups in total. The van der Waals surface area contributed by atoms with Gasteiger partial charge < -0.3 is 20.3 Å². The van der Waals surface area contributed by atoms with Gasteiger partial charge in [0.25, 0.3) is 5.91 Å². The molecule has 4 rings (SSSR count). The van der Waals surface area contributed by atoms with E-state index in [0.717, 1.165) is 43.4 Å². The van der Waals surface area contributed by atoms with Gasteiger partial charge in [-0.25, -0.2) is 0 Å². The molecule has 4 fully saturated rings. The number of amides is 3. The first-order valence-corrected chi connectivity index (χ1v) is 11.2. The summed E-state index contributed by atoms with van der Waals surface area (Å²) in [6, 6.07) is 0. The predicted molar refractivity (Wildman–Crippen MR) is 110 cm³/mol. The van der Waals surface area contributed by atoms with E-state index in [1.165, 1.54) is 31.2 Å². The Morgan fingerprint density at radius 3 is 2.13 bits per heavy atom. The van der Waals surface area contributed by atoms with Crippen LogP contribution in [0.5, 0.6) is 0 Å². The van der Waals surface area contributed by atoms with Crippen molar-refractivity contribution >= 4 is 23.7 Å². The van der Waals surface area contributed by atoms with E-state index in [4.69, 9.17) is 4.74 Å². The van der Waals surface area contributed by atoms with Crippen LogP contribution in [0.15, 0.2) is 0 Å². The third kappa shape index (κ3) is 5.95. The van der Waals surface area contributed by atoms with Gasteiger partial charge in [-0.15, -0.1) is 0 Å². The van der Waals surface area contributed by atoms with E-state index < -0.39 is 18.5 Å². The summed E-state index contributed by atoms with van der Waals surface area (Å²) in [6.07, 6.45) is 8.71. The number of ether oxygens (including phenoxy) is 1. The van der Waals surface area contributed by atoms with Gasteiger partial charge in [0.05, 0.1) is 6.54 Å². The summed E-state index contributed by atoms with van der Waals surface area (Å²) in [4.78, 5) is 49.2. The number of carbonyl (C=O) groups is 4. The number of rotatable bonds is 10. The molecule has 0 radical (unpaired) electrons. The number of likely N-dealkylation sites (N-methyl/N-ethyl adjacent to an activating group) is 1. The number of hydrogen-bond donors (Lipinski definition) is 2. The normalized spacial score (nSPS) is 28.7. The lowest BCUT2D eigenvalue weighted by molar-refractivity contribution is -0.152. The van der Waals surface area contributed by atoms with Crippen molar-refractivity contribution in [3.05, 3.63) is 0 Å². The van der Waals surface area contributed by atoms with Gasteiger partial charge in [0.15, 0.2) is 6.61 Å². The van der Waals surface area contributed by atoms with Gasteiger partial charge >= 0.3 is 5.97 Å². The van der Waals surface area contributed by atoms with E-state index in [9.17, 15) is 19.2 Å². The second-order valence-corrected chi connectivity index (χ2v) is 9.63. The molecule has 8 nitrogen and oxygen atoms in total. The molecule has 0 unspecified atom stereocenters. The van der Waals surface area contributed by atoms with E-state index in [1.54, 1.807) is 0 Å². The van der Waals surface area contributed by atoms with Crippen molar-refractivity contribution in [2.24, 2.45) is 23.2 Å². The molecular formula is C22H35N3O5. The minimum atomic E-state index is -0.647. The molecule has 4 aliphatic carbocycles. The lowest BCUT2D eigenvalue weighted by Gasteiger charge is -2.56. The maximum Gasteiger partial charge on any atom is 0.325 e. The van der Waals surface area contributed by atoms with Crippen LogP contribution in [0.1, 0.15) is 58.3 Å². The van der Waals surface area contributed by atoms with Gasteiger partial charge in [-0.05, 0) is 68.1 Å². The zero-order valence-corrected chi connectivity index (χ0v) is 18.2. The SMILES string of the molecule is CCCNC(=O)CN(C)C(=O)COC(=O)CNC(=O)CC12CC3CC(CC(C3)C1)C2. The van der Waals surface area contributed by atoms with Gasteiger partial charge in [-0.2, -0.15) is 0 Å². The number of esters is 1. The highest BCUT2D eigenvalue weighted by Gasteiger charge is 2.51. The second kappa shape index (κ2) is 9.79. The summed E-state index contributed by atoms with van der Waals surface area (Å²) in [5.74, 6) is 0.866. The van der Waals surface area contributed by atoms with Crippen LogP contribution in [0, 0.1) is 23.2 Å². The average Bonchev–Trinajstić information content (AvgIpc) is 2.67. The molecule has 8 heteroatoms. The Labute approximate surface area is 178 Å². The summed E-state index contributed by atoms with van der Waals surface area (Å²) < 4.78 is 4.96. The third-order valence-electron chi connectivity index (χ3n) is 6.87. The van der Waals surface area contributed by atoms with Gasteiger partial charge in [0, 0.05) is 20.0 Å². The van der Waals surface area contributed by atoms with Crippen LogP contribution in [0.2, 0.25) is 0 Å². The minimum absolute atomic E-state index is 0.0851. The molecule has 168 valence electrons. The summed E-state index contributed by atoms with van der Waals surface area (Å²) in [5.41, 5.74) is 0.125. The van der Waals surface area contributed by atoms with Crippen molar-refractivity contribution in [2.45, 2.75) is 58.3 Å². The molecule has 0 saturated heterocycles. The van der Waals surface area contributed by atoms with Crippen molar-refractivity contribution in [1.82, 2.24) is 15.5 Å². The molecule has 0 atom stereocenters. The molecule has 0 aromatic carbocycles. The number of hydrogen-bond acceptors (Lipinski definition) is 5. The summed E-state index contributed by atoms with van der Waals surface area (Å²) >= 11 is 0. The fourth-order valence-electron chi connectivity index (χ4n) is 6.01. The van der Waals surface area contributed by atoms with Crippen LogP contribution in [-0.4, -0.2) is 61.9 Å². The number of carbonyl (C=O) groups excluding carboxylic acids is 4. The molecule has 0 heterocycles. The van der Waals surface area contributed by atoms with Crippen molar-refractivity contribution in [1.29, 1.82) is 0 Å². The van der Waals surface area contributed by atoms with Crippen LogP contribution in [0.3, 0.4) is 0 Å². The van der Waals surface area contributed by atoms with Crippen molar-refractivity contribution in [2.75, 3.05) is 33.3 Å². The maximum absolute atomic E-state index is 12.4. The standard InChI is InChI=1S/C22H35N3O5/c1-3-4-23-19(27)13-25(2)20(28)14-30-21(29)12-24-18(26)11-22-8-15-5-16(9-22)7-17(6-15)10-22/h15-17H,3-14H2,1-2H3,(H,23,27)(H,24,26). The van der Waals surface area contributed by atoms with Gasteiger partial charge in [-0.1, -0.05) is 6.92 Å². The zero-order chi connectivity index (χ0) is 21.7. The maximum atomic E-state index is 12.4. The van der Waals surface area contributed by atoms with Crippen LogP contribution in [-0.2, 0) is 23.9 Å². The minimum Gasteiger partial charge on any atom is -0.454 e. The molecule has 0 aliphatic heterocycles. The first kappa shape index (κ1) is 22.6. The lowest BCUT2D eigenvalue weighted by Crippen LogP contribution is -2.48. The molecular weight excluding hydrogens is 386 g/mol. The van der Waals surface area contributed by atoms with Gasteiger partial charge in [0.2, 0.25) is 11.8 Å². The van der Waals surface area contributed by atoms with Crippen LogP contribution < -0.4 is 10.6 Å². The van der Waals surface area contributed by atoms with Crippen molar-refractivity contribution in [3.63, 3.8) is 0 Å². The molecule has 4 saturated carbocycles. The van der Waals surface area contributed by atoms with Crippen LogP contribution in [0.25, 0.3) is 0 Å². The largest absolute Gasteiger partial charge is 0.454 e. The smallest absolute Gasteiger partial charge is 0.325 e. The Bertz CT molecular complexity index is 642. The Kier molecular flexibility index (Phi) is 7.36. The molecule has 0 aromatic rings. The number of nitrogens with zero attached hydrogens (tertiary/aromatic N) is 1. The highest BCUT2D eigenvalue weighted by atomic mass is 16.5. The van der Waals surface area contributed by atoms with Gasteiger partial charge in [0.1, 0.15) is 6.54 Å². The molecule has 3 amide bonds. The molecule has 4 aliphatic rings. The molecule has 0 aromatic heterocycles. The Morgan fingerprint density at radius 2 is 1.57 bits per heavy atom. The first-order chi connectivity index (χ1) is 14.3. The summed E-state index contributed by atoms with van der Waals surface area (Å²) in [6.45, 7) is 1.73. The number of nitrogens with one attached hydrogen (secondary N) is 2. The van der Waals surface area contributed by atoms with E-state index in [-0.39, 0.29) is 30.3 Å². The summed E-state index contributed by atoms with van der Waals surface area (Å²) in [5, 5.41) is 5.34. The van der Waals surface area contributed by atoms with Crippen LogP contribution in [0.4, 0.5) is 0 Å². The van der Waals surface area contributed by atoms with Crippen LogP contribution >= 0.6 is 0 Å². The van der Waals surface area contributed by atoms with E-state index >= 15 is 0 Å². The second-order valence-electron chi connectivity index (χ2n) is 9.63. The van der Waals surface area contributed by atoms with E-state index in [2.05, 4.69) is 10.6 Å². The highest BCUT2D eigenvalue weighted by molar-refractivity contribution is 5.87. The highest BCUT2D eigenvalue weighted by Crippen LogP contribution is 2.61. The van der Waals surface area contributed by atoms with E-state index in [1.807, 2.05) is 6.92 Å². The lowest BCUT2D eigenvalue weighted by atomic mass is 9.49. The topological polar surface area (TPSA) is 105 Å². The van der Waals surface area contributed by atoms with Gasteiger partial charge in [-0.3, -0.25) is 19.2 Å². The monoisotopic (exact) mass is 421 g/mol. The Morgan fingerprint density at radius 1 is 0.967 bits per heavy atom. The third-order valence-corrected chi connectivity index (χ3v) is 6.87. The average molecular weight is 422 g/mol. The summed E-state index contributed by atoms with van der Waals surface area (Å²) in [7, 11) is 1.48. The Hall–Kier alpha value is -2.12.